The number of hydrogen-bond acceptors (Lipinski definition) is 1. The zero-order valence-corrected chi connectivity index (χ0v) is 8.60. The normalized spacial score (nSPS) is 39.2. The fourth-order valence-corrected chi connectivity index (χ4v) is 3.07. The molecular formula is C11H19NO. The maximum absolute atomic E-state index is 11.4. The molecule has 1 amide bonds. The quantitative estimate of drug-likeness (QED) is 0.709. The first-order valence-electron chi connectivity index (χ1n) is 5.52. The first kappa shape index (κ1) is 9.04. The molecule has 0 aromatic heterocycles. The number of rotatable bonds is 3. The third-order valence-electron chi connectivity index (χ3n) is 3.98. The van der Waals surface area contributed by atoms with Gasteiger partial charge in [0.25, 0.3) is 0 Å². The standard InChI is InChI=1S/C11H19NO/c1-3-9-11(4-2,8-5-6-8)7-10(13)12-9/h8-9H,3-7H2,1-2H3,(H,12,13). The summed E-state index contributed by atoms with van der Waals surface area (Å²) in [5.41, 5.74) is 0.325. The van der Waals surface area contributed by atoms with Crippen LogP contribution in [0.2, 0.25) is 0 Å². The van der Waals surface area contributed by atoms with Crippen molar-refractivity contribution in [2.45, 2.75) is 52.0 Å². The molecule has 2 rings (SSSR count). The number of carbonyl (C=O) groups is 1. The molecule has 2 atom stereocenters. The summed E-state index contributed by atoms with van der Waals surface area (Å²) in [4.78, 5) is 11.4. The van der Waals surface area contributed by atoms with Crippen molar-refractivity contribution in [2.75, 3.05) is 0 Å². The van der Waals surface area contributed by atoms with Crippen LogP contribution in [0.15, 0.2) is 0 Å². The molecule has 74 valence electrons. The summed E-state index contributed by atoms with van der Waals surface area (Å²) in [5.74, 6) is 1.11. The summed E-state index contributed by atoms with van der Waals surface area (Å²) < 4.78 is 0. The maximum Gasteiger partial charge on any atom is 0.220 e. The second-order valence-electron chi connectivity index (χ2n) is 4.57. The molecule has 2 unspecified atom stereocenters. The Morgan fingerprint density at radius 3 is 2.62 bits per heavy atom. The Morgan fingerprint density at radius 2 is 2.15 bits per heavy atom. The summed E-state index contributed by atoms with van der Waals surface area (Å²) in [6.07, 6.45) is 5.73. The summed E-state index contributed by atoms with van der Waals surface area (Å²) in [5, 5.41) is 3.13. The molecule has 1 aliphatic heterocycles. The first-order valence-corrected chi connectivity index (χ1v) is 5.52. The minimum absolute atomic E-state index is 0.278. The molecule has 2 heteroatoms. The molecule has 2 fully saturated rings. The van der Waals surface area contributed by atoms with Crippen LogP contribution in [0.1, 0.15) is 46.0 Å². The largest absolute Gasteiger partial charge is 0.353 e. The van der Waals surface area contributed by atoms with Gasteiger partial charge in [0.1, 0.15) is 0 Å². The van der Waals surface area contributed by atoms with Crippen LogP contribution in [-0.2, 0) is 4.79 Å². The van der Waals surface area contributed by atoms with Crippen LogP contribution >= 0.6 is 0 Å². The summed E-state index contributed by atoms with van der Waals surface area (Å²) in [7, 11) is 0. The Morgan fingerprint density at radius 1 is 1.46 bits per heavy atom. The van der Waals surface area contributed by atoms with Crippen LogP contribution in [0.25, 0.3) is 0 Å². The van der Waals surface area contributed by atoms with Gasteiger partial charge in [-0.25, -0.2) is 0 Å². The van der Waals surface area contributed by atoms with Crippen molar-refractivity contribution in [1.29, 1.82) is 0 Å². The average Bonchev–Trinajstić information content (AvgIpc) is 2.91. The Hall–Kier alpha value is -0.530. The van der Waals surface area contributed by atoms with Gasteiger partial charge in [-0.2, -0.15) is 0 Å². The summed E-state index contributed by atoms with van der Waals surface area (Å²) in [6, 6.07) is 0.456. The SMILES string of the molecule is CCC1NC(=O)CC1(CC)C1CC1. The van der Waals surface area contributed by atoms with E-state index >= 15 is 0 Å². The lowest BCUT2D eigenvalue weighted by Gasteiger charge is -2.32. The summed E-state index contributed by atoms with van der Waals surface area (Å²) in [6.45, 7) is 4.42. The van der Waals surface area contributed by atoms with E-state index in [1.165, 1.54) is 12.8 Å². The average molecular weight is 181 g/mol. The van der Waals surface area contributed by atoms with Gasteiger partial charge in [0.15, 0.2) is 0 Å². The lowest BCUT2D eigenvalue weighted by atomic mass is 9.72. The van der Waals surface area contributed by atoms with Crippen molar-refractivity contribution in [3.05, 3.63) is 0 Å². The molecule has 1 saturated carbocycles. The van der Waals surface area contributed by atoms with Gasteiger partial charge in [-0.1, -0.05) is 13.8 Å². The van der Waals surface area contributed by atoms with Crippen LogP contribution < -0.4 is 5.32 Å². The van der Waals surface area contributed by atoms with Gasteiger partial charge < -0.3 is 5.32 Å². The van der Waals surface area contributed by atoms with Gasteiger partial charge in [-0.3, -0.25) is 4.79 Å². The van der Waals surface area contributed by atoms with E-state index in [0.29, 0.717) is 11.5 Å². The van der Waals surface area contributed by atoms with Crippen molar-refractivity contribution in [3.63, 3.8) is 0 Å². The predicted molar refractivity (Wildman–Crippen MR) is 52.3 cm³/mol. The number of hydrogen-bond donors (Lipinski definition) is 1. The second-order valence-corrected chi connectivity index (χ2v) is 4.57. The van der Waals surface area contributed by atoms with E-state index in [0.717, 1.165) is 25.2 Å². The topological polar surface area (TPSA) is 29.1 Å². The number of carbonyl (C=O) groups excluding carboxylic acids is 1. The third kappa shape index (κ3) is 1.27. The van der Waals surface area contributed by atoms with Gasteiger partial charge in [-0.05, 0) is 31.6 Å². The van der Waals surface area contributed by atoms with E-state index < -0.39 is 0 Å². The zero-order valence-electron chi connectivity index (χ0n) is 8.60. The highest BCUT2D eigenvalue weighted by Crippen LogP contribution is 2.54. The first-order chi connectivity index (χ1) is 6.23. The minimum atomic E-state index is 0.278. The van der Waals surface area contributed by atoms with Crippen molar-refractivity contribution >= 4 is 5.91 Å². The predicted octanol–water partition coefficient (Wildman–Crippen LogP) is 2.09. The molecule has 0 spiro atoms. The molecule has 1 saturated heterocycles. The van der Waals surface area contributed by atoms with Crippen LogP contribution in [0.3, 0.4) is 0 Å². The Kier molecular flexibility index (Phi) is 2.09. The molecule has 2 aliphatic rings. The van der Waals surface area contributed by atoms with E-state index in [2.05, 4.69) is 19.2 Å². The molecular weight excluding hydrogens is 162 g/mol. The van der Waals surface area contributed by atoms with Crippen molar-refractivity contribution in [2.24, 2.45) is 11.3 Å². The van der Waals surface area contributed by atoms with Gasteiger partial charge in [0, 0.05) is 17.9 Å². The van der Waals surface area contributed by atoms with Gasteiger partial charge in [0.2, 0.25) is 5.91 Å². The van der Waals surface area contributed by atoms with E-state index in [-0.39, 0.29) is 5.91 Å². The van der Waals surface area contributed by atoms with E-state index in [4.69, 9.17) is 0 Å². The molecule has 1 heterocycles. The van der Waals surface area contributed by atoms with Crippen molar-refractivity contribution in [3.8, 4) is 0 Å². The van der Waals surface area contributed by atoms with Crippen molar-refractivity contribution in [1.82, 2.24) is 5.32 Å². The highest BCUT2D eigenvalue weighted by atomic mass is 16.2. The fourth-order valence-electron chi connectivity index (χ4n) is 3.07. The fraction of sp³-hybridized carbons (Fsp3) is 0.909. The van der Waals surface area contributed by atoms with Gasteiger partial charge >= 0.3 is 0 Å². The molecule has 13 heavy (non-hydrogen) atoms. The van der Waals surface area contributed by atoms with E-state index in [1.54, 1.807) is 0 Å². The van der Waals surface area contributed by atoms with E-state index in [9.17, 15) is 4.79 Å². The summed E-state index contributed by atoms with van der Waals surface area (Å²) >= 11 is 0. The Labute approximate surface area is 80.1 Å². The molecule has 0 aromatic rings. The highest BCUT2D eigenvalue weighted by molar-refractivity contribution is 5.80. The number of amides is 1. The third-order valence-corrected chi connectivity index (χ3v) is 3.98. The monoisotopic (exact) mass is 181 g/mol. The Bertz CT molecular complexity index is 222. The van der Waals surface area contributed by atoms with Gasteiger partial charge in [-0.15, -0.1) is 0 Å². The zero-order chi connectivity index (χ0) is 9.47. The minimum Gasteiger partial charge on any atom is -0.353 e. The molecule has 2 nitrogen and oxygen atoms in total. The smallest absolute Gasteiger partial charge is 0.220 e. The van der Waals surface area contributed by atoms with Crippen LogP contribution in [0.4, 0.5) is 0 Å². The molecule has 1 N–H and O–H groups in total. The van der Waals surface area contributed by atoms with E-state index in [1.807, 2.05) is 0 Å². The molecule has 0 radical (unpaired) electrons. The molecule has 0 aromatic carbocycles. The van der Waals surface area contributed by atoms with Crippen LogP contribution in [0.5, 0.6) is 0 Å². The lowest BCUT2D eigenvalue weighted by Crippen LogP contribution is -2.37. The van der Waals surface area contributed by atoms with Crippen LogP contribution in [0, 0.1) is 11.3 Å². The Balaban J connectivity index is 2.20. The second kappa shape index (κ2) is 3.00. The molecule has 0 bridgehead atoms. The van der Waals surface area contributed by atoms with Crippen LogP contribution in [-0.4, -0.2) is 11.9 Å². The highest BCUT2D eigenvalue weighted by Gasteiger charge is 2.53. The molecule has 1 aliphatic carbocycles. The number of nitrogens with one attached hydrogen (secondary N) is 1. The lowest BCUT2D eigenvalue weighted by molar-refractivity contribution is -0.119. The maximum atomic E-state index is 11.4. The van der Waals surface area contributed by atoms with Crippen molar-refractivity contribution < 1.29 is 4.79 Å². The van der Waals surface area contributed by atoms with Gasteiger partial charge in [0.05, 0.1) is 0 Å².